The number of rotatable bonds is 10. The van der Waals surface area contributed by atoms with Gasteiger partial charge in [0.25, 0.3) is 0 Å². The molecule has 2 aromatic carbocycles. The first-order valence-corrected chi connectivity index (χ1v) is 13.2. The van der Waals surface area contributed by atoms with Crippen molar-refractivity contribution in [1.29, 1.82) is 0 Å². The predicted molar refractivity (Wildman–Crippen MR) is 146 cm³/mol. The minimum atomic E-state index is -0.754. The highest BCUT2D eigenvalue weighted by atomic mass is 32.2. The molecule has 1 heterocycles. The maximum absolute atomic E-state index is 12.8. The summed E-state index contributed by atoms with van der Waals surface area (Å²) in [6.07, 6.45) is 0. The number of carbonyl (C=O) groups excluding carboxylic acids is 2. The largest absolute Gasteiger partial charge is 0.492 e. The van der Waals surface area contributed by atoms with Gasteiger partial charge in [0.2, 0.25) is 0 Å². The molecule has 7 nitrogen and oxygen atoms in total. The highest BCUT2D eigenvalue weighted by Crippen LogP contribution is 2.36. The van der Waals surface area contributed by atoms with Crippen LogP contribution >= 0.6 is 11.8 Å². The minimum Gasteiger partial charge on any atom is -0.492 e. The van der Waals surface area contributed by atoms with Crippen molar-refractivity contribution in [2.75, 3.05) is 13.2 Å². The van der Waals surface area contributed by atoms with Crippen LogP contribution in [0.5, 0.6) is 5.75 Å². The number of esters is 2. The summed E-state index contributed by atoms with van der Waals surface area (Å²) in [5.74, 6) is 0.732. The van der Waals surface area contributed by atoms with E-state index in [1.165, 1.54) is 11.8 Å². The molecule has 3 aromatic rings. The Balaban J connectivity index is 1.85. The van der Waals surface area contributed by atoms with Crippen LogP contribution in [0.2, 0.25) is 0 Å². The van der Waals surface area contributed by atoms with Gasteiger partial charge in [0.15, 0.2) is 5.69 Å². The fourth-order valence-electron chi connectivity index (χ4n) is 3.65. The molecular weight excluding hydrogens is 488 g/mol. The molecule has 198 valence electrons. The molecule has 3 rings (SSSR count). The molecule has 0 aliphatic rings. The molecule has 0 atom stereocenters. The molecule has 0 bridgehead atoms. The lowest BCUT2D eigenvalue weighted by Gasteiger charge is -2.28. The van der Waals surface area contributed by atoms with Gasteiger partial charge in [-0.3, -0.25) is 4.79 Å². The van der Waals surface area contributed by atoms with Crippen LogP contribution in [-0.2, 0) is 20.8 Å². The Morgan fingerprint density at radius 2 is 1.62 bits per heavy atom. The van der Waals surface area contributed by atoms with E-state index in [1.54, 1.807) is 13.8 Å². The third-order valence-electron chi connectivity index (χ3n) is 5.31. The van der Waals surface area contributed by atoms with E-state index >= 15 is 0 Å². The van der Waals surface area contributed by atoms with E-state index in [4.69, 9.17) is 19.2 Å². The third-order valence-corrected chi connectivity index (χ3v) is 6.50. The number of benzene rings is 2. The molecule has 1 aromatic heterocycles. The van der Waals surface area contributed by atoms with Gasteiger partial charge in [0, 0.05) is 10.5 Å². The average Bonchev–Trinajstić information content (AvgIpc) is 3.15. The number of hydrogen-bond donors (Lipinski definition) is 0. The second kappa shape index (κ2) is 11.9. The number of aromatic nitrogens is 2. The monoisotopic (exact) mass is 524 g/mol. The summed E-state index contributed by atoms with van der Waals surface area (Å²) in [5, 5.41) is 0. The molecule has 0 spiro atoms. The number of imidazole rings is 1. The number of nitrogens with zero attached hydrogens (tertiary/aromatic N) is 2. The van der Waals surface area contributed by atoms with Crippen molar-refractivity contribution in [1.82, 2.24) is 9.55 Å². The first kappa shape index (κ1) is 28.3. The Bertz CT molecular complexity index is 1210. The van der Waals surface area contributed by atoms with Gasteiger partial charge in [-0.2, -0.15) is 0 Å². The smallest absolute Gasteiger partial charge is 0.356 e. The first-order valence-electron chi connectivity index (χ1n) is 12.4. The van der Waals surface area contributed by atoms with Gasteiger partial charge in [0.1, 0.15) is 28.5 Å². The fraction of sp³-hybridized carbons (Fsp3) is 0.414. The lowest BCUT2D eigenvalue weighted by atomic mass is 10.1. The Morgan fingerprint density at radius 3 is 2.22 bits per heavy atom. The SMILES string of the molecule is CCOC(=O)c1c(C)nc(-c2ccc(SC(C)(C)C(=O)OC(C)(C)C)cc2)n1CCOc1ccccc1. The summed E-state index contributed by atoms with van der Waals surface area (Å²) in [6, 6.07) is 17.3. The van der Waals surface area contributed by atoms with Crippen molar-refractivity contribution in [3.63, 3.8) is 0 Å². The van der Waals surface area contributed by atoms with E-state index in [2.05, 4.69) is 0 Å². The summed E-state index contributed by atoms with van der Waals surface area (Å²) in [5.41, 5.74) is 1.31. The average molecular weight is 525 g/mol. The number of thioether (sulfide) groups is 1. The third kappa shape index (κ3) is 7.61. The summed E-state index contributed by atoms with van der Waals surface area (Å²) in [7, 11) is 0. The molecule has 0 radical (unpaired) electrons. The van der Waals surface area contributed by atoms with Crippen molar-refractivity contribution in [2.24, 2.45) is 0 Å². The van der Waals surface area contributed by atoms with Gasteiger partial charge in [-0.15, -0.1) is 11.8 Å². The Labute approximate surface area is 223 Å². The number of aryl methyl sites for hydroxylation is 1. The van der Waals surface area contributed by atoms with Crippen molar-refractivity contribution < 1.29 is 23.8 Å². The summed E-state index contributed by atoms with van der Waals surface area (Å²) in [4.78, 5) is 31.1. The zero-order chi connectivity index (χ0) is 27.2. The van der Waals surface area contributed by atoms with E-state index in [-0.39, 0.29) is 12.6 Å². The van der Waals surface area contributed by atoms with Crippen molar-refractivity contribution in [3.05, 3.63) is 66.0 Å². The van der Waals surface area contributed by atoms with E-state index < -0.39 is 16.3 Å². The molecule has 0 N–H and O–H groups in total. The van der Waals surface area contributed by atoms with E-state index in [0.717, 1.165) is 16.2 Å². The summed E-state index contributed by atoms with van der Waals surface area (Å²) in [6.45, 7) is 13.9. The van der Waals surface area contributed by atoms with Gasteiger partial charge >= 0.3 is 11.9 Å². The van der Waals surface area contributed by atoms with Crippen LogP contribution in [0.1, 0.15) is 57.7 Å². The maximum atomic E-state index is 12.8. The normalized spacial score (nSPS) is 11.8. The van der Waals surface area contributed by atoms with Gasteiger partial charge in [-0.1, -0.05) is 30.3 Å². The molecule has 0 unspecified atom stereocenters. The highest BCUT2D eigenvalue weighted by Gasteiger charge is 2.33. The first-order chi connectivity index (χ1) is 17.4. The Kier molecular flexibility index (Phi) is 9.07. The number of hydrogen-bond acceptors (Lipinski definition) is 7. The molecule has 0 fully saturated rings. The molecule has 0 saturated carbocycles. The zero-order valence-corrected chi connectivity index (χ0v) is 23.5. The van der Waals surface area contributed by atoms with Crippen molar-refractivity contribution in [3.8, 4) is 17.1 Å². The summed E-state index contributed by atoms with van der Waals surface area (Å²) < 4.78 is 17.9. The topological polar surface area (TPSA) is 79.6 Å². The lowest BCUT2D eigenvalue weighted by molar-refractivity contribution is -0.156. The van der Waals surface area contributed by atoms with Crippen LogP contribution in [0, 0.1) is 6.92 Å². The number of ether oxygens (including phenoxy) is 3. The zero-order valence-electron chi connectivity index (χ0n) is 22.7. The van der Waals surface area contributed by atoms with E-state index in [0.29, 0.717) is 30.4 Å². The Hall–Kier alpha value is -3.26. The quantitative estimate of drug-likeness (QED) is 0.227. The van der Waals surface area contributed by atoms with Crippen molar-refractivity contribution in [2.45, 2.75) is 70.3 Å². The van der Waals surface area contributed by atoms with Crippen LogP contribution < -0.4 is 4.74 Å². The highest BCUT2D eigenvalue weighted by molar-refractivity contribution is 8.01. The van der Waals surface area contributed by atoms with Gasteiger partial charge in [-0.25, -0.2) is 9.78 Å². The Morgan fingerprint density at radius 1 is 0.973 bits per heavy atom. The van der Waals surface area contributed by atoms with Crippen LogP contribution in [0.25, 0.3) is 11.4 Å². The maximum Gasteiger partial charge on any atom is 0.356 e. The van der Waals surface area contributed by atoms with Gasteiger partial charge < -0.3 is 18.8 Å². The molecule has 0 saturated heterocycles. The number of para-hydroxylation sites is 1. The van der Waals surface area contributed by atoms with E-state index in [1.807, 2.05) is 93.8 Å². The lowest BCUT2D eigenvalue weighted by Crippen LogP contribution is -2.36. The number of carbonyl (C=O) groups is 2. The van der Waals surface area contributed by atoms with Crippen LogP contribution in [0.4, 0.5) is 0 Å². The minimum absolute atomic E-state index is 0.266. The second-order valence-electron chi connectivity index (χ2n) is 10.0. The predicted octanol–water partition coefficient (Wildman–Crippen LogP) is 6.33. The van der Waals surface area contributed by atoms with Crippen LogP contribution in [0.3, 0.4) is 0 Å². The standard InChI is InChI=1S/C29H36N2O5S/c1-8-34-26(32)24-20(2)30-25(31(24)18-19-35-22-12-10-9-11-13-22)21-14-16-23(17-15-21)37-29(6,7)27(33)36-28(3,4)5/h9-17H,8,18-19H2,1-7H3. The van der Waals surface area contributed by atoms with Gasteiger partial charge in [0.05, 0.1) is 18.8 Å². The molecular formula is C29H36N2O5S. The molecule has 0 aliphatic heterocycles. The summed E-state index contributed by atoms with van der Waals surface area (Å²) >= 11 is 1.44. The van der Waals surface area contributed by atoms with Crippen LogP contribution in [-0.4, -0.2) is 45.1 Å². The van der Waals surface area contributed by atoms with Gasteiger partial charge in [-0.05, 0) is 72.7 Å². The molecule has 37 heavy (non-hydrogen) atoms. The molecule has 8 heteroatoms. The van der Waals surface area contributed by atoms with Crippen molar-refractivity contribution >= 4 is 23.7 Å². The van der Waals surface area contributed by atoms with Crippen LogP contribution in [0.15, 0.2) is 59.5 Å². The fourth-order valence-corrected chi connectivity index (χ4v) is 4.64. The molecule has 0 aliphatic carbocycles. The van der Waals surface area contributed by atoms with E-state index in [9.17, 15) is 9.59 Å². The second-order valence-corrected chi connectivity index (χ2v) is 11.7. The molecule has 0 amide bonds.